The van der Waals surface area contributed by atoms with Crippen molar-refractivity contribution in [2.45, 2.75) is 57.0 Å². The molecule has 33 heavy (non-hydrogen) atoms. The predicted octanol–water partition coefficient (Wildman–Crippen LogP) is 4.05. The summed E-state index contributed by atoms with van der Waals surface area (Å²) in [5, 5.41) is 0.0943. The summed E-state index contributed by atoms with van der Waals surface area (Å²) in [6.07, 6.45) is 10.4. The van der Waals surface area contributed by atoms with E-state index in [4.69, 9.17) is 4.98 Å². The largest absolute Gasteiger partial charge is 0.344 e. The molecule has 4 aromatic rings. The van der Waals surface area contributed by atoms with E-state index in [1.165, 1.54) is 6.07 Å². The number of halogens is 1. The first-order valence-electron chi connectivity index (χ1n) is 11.7. The van der Waals surface area contributed by atoms with E-state index in [1.807, 2.05) is 4.57 Å². The minimum absolute atomic E-state index is 0.0548. The van der Waals surface area contributed by atoms with E-state index in [9.17, 15) is 9.18 Å². The van der Waals surface area contributed by atoms with Crippen molar-refractivity contribution >= 4 is 27.9 Å². The van der Waals surface area contributed by atoms with Crippen LogP contribution in [0.5, 0.6) is 0 Å². The summed E-state index contributed by atoms with van der Waals surface area (Å²) in [7, 11) is 0. The Morgan fingerprint density at radius 3 is 2.79 bits per heavy atom. The molecule has 1 spiro atoms. The normalized spacial score (nSPS) is 22.2. The maximum Gasteiger partial charge on any atom is 0.264 e. The molecule has 1 atom stereocenters. The maximum absolute atomic E-state index is 14.7. The number of aromatic nitrogens is 6. The van der Waals surface area contributed by atoms with Crippen molar-refractivity contribution in [1.82, 2.24) is 29.5 Å². The van der Waals surface area contributed by atoms with Gasteiger partial charge in [0.25, 0.3) is 5.56 Å². The highest BCUT2D eigenvalue weighted by Gasteiger charge is 2.54. The molecule has 1 N–H and O–H groups in total. The van der Waals surface area contributed by atoms with Crippen molar-refractivity contribution < 1.29 is 4.39 Å². The van der Waals surface area contributed by atoms with E-state index in [2.05, 4.69) is 24.8 Å². The van der Waals surface area contributed by atoms with E-state index < -0.39 is 5.82 Å². The Kier molecular flexibility index (Phi) is 3.96. The SMILES string of the molecule is O=c1c2c(F)cccc2nc([C@@H]2CC3(CC3)CN2c2ncnc3nc[nH]c23)n1C1CCCC1. The second-order valence-electron chi connectivity index (χ2n) is 9.86. The van der Waals surface area contributed by atoms with Gasteiger partial charge in [0, 0.05) is 12.6 Å². The van der Waals surface area contributed by atoms with Crippen LogP contribution in [0.25, 0.3) is 22.1 Å². The van der Waals surface area contributed by atoms with Gasteiger partial charge in [-0.25, -0.2) is 24.3 Å². The fourth-order valence-corrected chi connectivity index (χ4v) is 5.99. The molecule has 0 unspecified atom stereocenters. The Morgan fingerprint density at radius 2 is 1.97 bits per heavy atom. The summed E-state index contributed by atoms with van der Waals surface area (Å²) in [4.78, 5) is 37.4. The van der Waals surface area contributed by atoms with E-state index in [0.29, 0.717) is 11.2 Å². The molecule has 0 bridgehead atoms. The molecule has 4 heterocycles. The minimum atomic E-state index is -0.500. The van der Waals surface area contributed by atoms with Gasteiger partial charge in [0.1, 0.15) is 28.9 Å². The second kappa shape index (κ2) is 6.82. The fourth-order valence-electron chi connectivity index (χ4n) is 5.99. The van der Waals surface area contributed by atoms with E-state index >= 15 is 0 Å². The highest BCUT2D eigenvalue weighted by atomic mass is 19.1. The van der Waals surface area contributed by atoms with E-state index in [1.54, 1.807) is 24.8 Å². The van der Waals surface area contributed by atoms with Gasteiger partial charge in [-0.15, -0.1) is 0 Å². The number of fused-ring (bicyclic) bond motifs is 2. The summed E-state index contributed by atoms with van der Waals surface area (Å²) < 4.78 is 16.6. The summed E-state index contributed by atoms with van der Waals surface area (Å²) >= 11 is 0. The molecule has 3 fully saturated rings. The molecule has 1 aliphatic heterocycles. The number of H-pyrrole nitrogens is 1. The molecule has 1 saturated heterocycles. The number of benzene rings is 1. The number of nitrogens with one attached hydrogen (secondary N) is 1. The average molecular weight is 446 g/mol. The number of imidazole rings is 1. The standard InChI is InChI=1S/C24H24FN7O/c25-15-6-3-7-16-18(15)23(33)32(14-4-1-2-5-14)21(30-16)17-10-24(8-9-24)11-31(17)22-19-20(27-12-26-19)28-13-29-22/h3,6-7,12-14,17H,1-2,4-5,8-11H2,(H,26,27,28,29)/t17-/m0/s1. The van der Waals surface area contributed by atoms with Crippen molar-refractivity contribution in [3.63, 3.8) is 0 Å². The average Bonchev–Trinajstić information content (AvgIpc) is 3.22. The highest BCUT2D eigenvalue weighted by molar-refractivity contribution is 5.83. The lowest BCUT2D eigenvalue weighted by Crippen LogP contribution is -2.34. The van der Waals surface area contributed by atoms with Crippen LogP contribution in [0.1, 0.15) is 62.9 Å². The Hall–Kier alpha value is -3.36. The minimum Gasteiger partial charge on any atom is -0.344 e. The third kappa shape index (κ3) is 2.84. The number of aromatic amines is 1. The zero-order valence-electron chi connectivity index (χ0n) is 18.2. The van der Waals surface area contributed by atoms with Crippen molar-refractivity contribution in [1.29, 1.82) is 0 Å². The zero-order chi connectivity index (χ0) is 22.2. The molecule has 3 aromatic heterocycles. The lowest BCUT2D eigenvalue weighted by atomic mass is 10.0. The van der Waals surface area contributed by atoms with Gasteiger partial charge < -0.3 is 9.88 Å². The zero-order valence-corrected chi connectivity index (χ0v) is 18.2. The summed E-state index contributed by atoms with van der Waals surface area (Å²) in [6, 6.07) is 4.66. The molecular weight excluding hydrogens is 421 g/mol. The topological polar surface area (TPSA) is 92.6 Å². The van der Waals surface area contributed by atoms with Crippen LogP contribution in [-0.2, 0) is 0 Å². The first-order chi connectivity index (χ1) is 16.1. The summed E-state index contributed by atoms with van der Waals surface area (Å²) in [5.41, 5.74) is 1.80. The molecule has 0 amide bonds. The molecular formula is C24H24FN7O. The Bertz CT molecular complexity index is 1450. The Morgan fingerprint density at radius 1 is 1.12 bits per heavy atom. The quantitative estimate of drug-likeness (QED) is 0.512. The Balaban J connectivity index is 1.47. The molecule has 8 nitrogen and oxygen atoms in total. The lowest BCUT2D eigenvalue weighted by molar-refractivity contribution is 0.444. The predicted molar refractivity (Wildman–Crippen MR) is 122 cm³/mol. The van der Waals surface area contributed by atoms with Gasteiger partial charge in [-0.3, -0.25) is 9.36 Å². The van der Waals surface area contributed by atoms with Crippen LogP contribution in [0.3, 0.4) is 0 Å². The third-order valence-electron chi connectivity index (χ3n) is 7.83. The van der Waals surface area contributed by atoms with Gasteiger partial charge >= 0.3 is 0 Å². The lowest BCUT2D eigenvalue weighted by Gasteiger charge is -2.29. The van der Waals surface area contributed by atoms with Gasteiger partial charge in [0.15, 0.2) is 11.5 Å². The fraction of sp³-hybridized carbons (Fsp3) is 0.458. The Labute approximate surface area is 188 Å². The number of rotatable bonds is 3. The van der Waals surface area contributed by atoms with Crippen LogP contribution in [0, 0.1) is 11.2 Å². The maximum atomic E-state index is 14.7. The molecule has 9 heteroatoms. The van der Waals surface area contributed by atoms with Crippen LogP contribution in [0.15, 0.2) is 35.6 Å². The van der Waals surface area contributed by atoms with Crippen molar-refractivity contribution in [2.75, 3.05) is 11.4 Å². The molecule has 2 saturated carbocycles. The first kappa shape index (κ1) is 19.1. The molecule has 7 rings (SSSR count). The molecule has 168 valence electrons. The van der Waals surface area contributed by atoms with Crippen LogP contribution in [-0.4, -0.2) is 36.0 Å². The van der Waals surface area contributed by atoms with Crippen LogP contribution < -0.4 is 10.5 Å². The van der Waals surface area contributed by atoms with Crippen LogP contribution >= 0.6 is 0 Å². The number of hydrogen-bond acceptors (Lipinski definition) is 6. The van der Waals surface area contributed by atoms with Crippen molar-refractivity contribution in [2.24, 2.45) is 5.41 Å². The van der Waals surface area contributed by atoms with Crippen LogP contribution in [0.2, 0.25) is 0 Å². The molecule has 3 aliphatic rings. The van der Waals surface area contributed by atoms with Crippen molar-refractivity contribution in [3.8, 4) is 0 Å². The highest BCUT2D eigenvalue weighted by Crippen LogP contribution is 2.59. The van der Waals surface area contributed by atoms with E-state index in [-0.39, 0.29) is 28.4 Å². The van der Waals surface area contributed by atoms with Crippen molar-refractivity contribution in [3.05, 3.63) is 52.8 Å². The molecule has 2 aliphatic carbocycles. The number of nitrogens with zero attached hydrogens (tertiary/aromatic N) is 6. The first-order valence-corrected chi connectivity index (χ1v) is 11.7. The van der Waals surface area contributed by atoms with Gasteiger partial charge in [-0.2, -0.15) is 0 Å². The van der Waals surface area contributed by atoms with Crippen LogP contribution in [0.4, 0.5) is 10.2 Å². The van der Waals surface area contributed by atoms with Gasteiger partial charge in [-0.1, -0.05) is 18.9 Å². The van der Waals surface area contributed by atoms with Gasteiger partial charge in [-0.05, 0) is 49.7 Å². The van der Waals surface area contributed by atoms with E-state index in [0.717, 1.165) is 68.6 Å². The summed E-state index contributed by atoms with van der Waals surface area (Å²) in [6.45, 7) is 0.852. The molecule has 1 aromatic carbocycles. The van der Waals surface area contributed by atoms with Gasteiger partial charge in [0.2, 0.25) is 0 Å². The monoisotopic (exact) mass is 445 g/mol. The molecule has 0 radical (unpaired) electrons. The van der Waals surface area contributed by atoms with Gasteiger partial charge in [0.05, 0.1) is 17.9 Å². The second-order valence-corrected chi connectivity index (χ2v) is 9.86. The number of hydrogen-bond donors (Lipinski definition) is 1. The third-order valence-corrected chi connectivity index (χ3v) is 7.83. The number of anilines is 1. The summed E-state index contributed by atoms with van der Waals surface area (Å²) in [5.74, 6) is 1.03. The smallest absolute Gasteiger partial charge is 0.264 e.